The molecule has 0 bridgehead atoms. The van der Waals surface area contributed by atoms with Crippen LogP contribution in [-0.2, 0) is 10.2 Å². The van der Waals surface area contributed by atoms with E-state index >= 15 is 0 Å². The van der Waals surface area contributed by atoms with E-state index in [0.29, 0.717) is 31.5 Å². The number of aliphatic hydroxyl groups excluding tert-OH is 1. The average molecular weight is 323 g/mol. The maximum atomic E-state index is 14.2. The molecule has 1 amide bonds. The van der Waals surface area contributed by atoms with E-state index in [2.05, 4.69) is 0 Å². The van der Waals surface area contributed by atoms with E-state index in [1.807, 2.05) is 0 Å². The Kier molecular flexibility index (Phi) is 4.41. The van der Waals surface area contributed by atoms with Crippen molar-refractivity contribution in [1.29, 1.82) is 0 Å². The lowest BCUT2D eigenvalue weighted by Crippen LogP contribution is -2.53. The molecule has 1 saturated heterocycles. The minimum absolute atomic E-state index is 0.0432. The van der Waals surface area contributed by atoms with E-state index in [1.165, 1.54) is 12.1 Å². The van der Waals surface area contributed by atoms with E-state index in [9.17, 15) is 18.7 Å². The number of likely N-dealkylation sites (tertiary alicyclic amines) is 1. The molecule has 126 valence electrons. The number of nitrogens with zero attached hydrogens (tertiary/aromatic N) is 1. The van der Waals surface area contributed by atoms with Crippen molar-refractivity contribution in [2.75, 3.05) is 13.1 Å². The van der Waals surface area contributed by atoms with Gasteiger partial charge in [0.2, 0.25) is 5.91 Å². The number of carbonyl (C=O) groups excluding carboxylic acids is 1. The number of benzene rings is 1. The fourth-order valence-corrected chi connectivity index (χ4v) is 3.89. The fourth-order valence-electron chi connectivity index (χ4n) is 3.89. The lowest BCUT2D eigenvalue weighted by Gasteiger charge is -2.45. The van der Waals surface area contributed by atoms with Crippen molar-refractivity contribution in [2.24, 2.45) is 5.92 Å². The monoisotopic (exact) mass is 323 g/mol. The number of halogens is 2. The number of piperidine rings is 1. The minimum atomic E-state index is -0.824. The summed E-state index contributed by atoms with van der Waals surface area (Å²) in [6.45, 7) is 2.97. The summed E-state index contributed by atoms with van der Waals surface area (Å²) >= 11 is 0. The first-order chi connectivity index (χ1) is 10.9. The summed E-state index contributed by atoms with van der Waals surface area (Å²) in [5, 5.41) is 9.67. The highest BCUT2D eigenvalue weighted by molar-refractivity contribution is 5.89. The van der Waals surface area contributed by atoms with Crippen LogP contribution in [0.2, 0.25) is 0 Å². The van der Waals surface area contributed by atoms with Gasteiger partial charge in [0.25, 0.3) is 0 Å². The Hall–Kier alpha value is -1.49. The first-order valence-corrected chi connectivity index (χ1v) is 8.37. The van der Waals surface area contributed by atoms with Gasteiger partial charge in [0.1, 0.15) is 11.6 Å². The molecule has 1 N–H and O–H groups in total. The minimum Gasteiger partial charge on any atom is -0.393 e. The average Bonchev–Trinajstić information content (AvgIpc) is 2.48. The summed E-state index contributed by atoms with van der Waals surface area (Å²) in [6, 6.07) is 3.51. The van der Waals surface area contributed by atoms with E-state index in [-0.39, 0.29) is 17.9 Å². The van der Waals surface area contributed by atoms with Crippen LogP contribution in [0.1, 0.15) is 44.6 Å². The summed E-state index contributed by atoms with van der Waals surface area (Å²) in [5.41, 5.74) is -0.497. The van der Waals surface area contributed by atoms with Crippen LogP contribution in [0.3, 0.4) is 0 Å². The Bertz CT molecular complexity index is 591. The topological polar surface area (TPSA) is 40.5 Å². The van der Waals surface area contributed by atoms with Gasteiger partial charge >= 0.3 is 0 Å². The Morgan fingerprint density at radius 3 is 2.43 bits per heavy atom. The molecule has 0 radical (unpaired) electrons. The molecule has 2 aliphatic rings. The molecule has 1 atom stereocenters. The number of hydrogen-bond donors (Lipinski definition) is 1. The summed E-state index contributed by atoms with van der Waals surface area (Å²) in [4.78, 5) is 14.8. The van der Waals surface area contributed by atoms with Gasteiger partial charge in [-0.05, 0) is 44.6 Å². The van der Waals surface area contributed by atoms with Crippen molar-refractivity contribution in [3.63, 3.8) is 0 Å². The molecular formula is C18H23F2NO2. The zero-order chi connectivity index (χ0) is 16.6. The van der Waals surface area contributed by atoms with Gasteiger partial charge in [0.05, 0.1) is 11.5 Å². The highest BCUT2D eigenvalue weighted by Crippen LogP contribution is 2.46. The molecule has 3 rings (SSSR count). The molecule has 5 heteroatoms. The molecule has 1 aromatic rings. The molecule has 1 aliphatic heterocycles. The van der Waals surface area contributed by atoms with Crippen molar-refractivity contribution < 1.29 is 18.7 Å². The van der Waals surface area contributed by atoms with Gasteiger partial charge in [-0.1, -0.05) is 12.5 Å². The highest BCUT2D eigenvalue weighted by Gasteiger charge is 2.49. The zero-order valence-corrected chi connectivity index (χ0v) is 13.4. The first kappa shape index (κ1) is 16.4. The molecule has 23 heavy (non-hydrogen) atoms. The smallest absolute Gasteiger partial charge is 0.233 e. The number of hydrogen-bond acceptors (Lipinski definition) is 2. The summed E-state index contributed by atoms with van der Waals surface area (Å²) < 4.78 is 27.4. The van der Waals surface area contributed by atoms with Crippen LogP contribution >= 0.6 is 0 Å². The third-order valence-electron chi connectivity index (χ3n) is 5.57. The summed E-state index contributed by atoms with van der Waals surface area (Å²) in [6.07, 6.45) is 3.29. The second-order valence-corrected chi connectivity index (χ2v) is 6.93. The maximum Gasteiger partial charge on any atom is 0.233 e. The third-order valence-corrected chi connectivity index (χ3v) is 5.57. The standard InChI is InChI=1S/C18H23F2NO2/c1-12(22)13-5-9-21(10-6-13)17(23)18(7-2-8-18)15-4-3-14(19)11-16(15)20/h3-4,11-13,22H,2,5-10H2,1H3. The van der Waals surface area contributed by atoms with Gasteiger partial charge in [-0.2, -0.15) is 0 Å². The fraction of sp³-hybridized carbons (Fsp3) is 0.611. The van der Waals surface area contributed by atoms with Gasteiger partial charge in [-0.3, -0.25) is 4.79 Å². The Balaban J connectivity index is 1.79. The molecule has 0 aromatic heterocycles. The molecule has 1 aromatic carbocycles. The Morgan fingerprint density at radius 2 is 1.96 bits per heavy atom. The van der Waals surface area contributed by atoms with Crippen LogP contribution in [-0.4, -0.2) is 35.1 Å². The maximum absolute atomic E-state index is 14.2. The van der Waals surface area contributed by atoms with Gasteiger partial charge in [0.15, 0.2) is 0 Å². The van der Waals surface area contributed by atoms with Crippen molar-refractivity contribution >= 4 is 5.91 Å². The lowest BCUT2D eigenvalue weighted by molar-refractivity contribution is -0.143. The number of carbonyl (C=O) groups is 1. The predicted molar refractivity (Wildman–Crippen MR) is 82.9 cm³/mol. The number of amides is 1. The van der Waals surface area contributed by atoms with Gasteiger partial charge in [0, 0.05) is 24.7 Å². The van der Waals surface area contributed by atoms with E-state index in [4.69, 9.17) is 0 Å². The summed E-state index contributed by atoms with van der Waals surface area (Å²) in [7, 11) is 0. The molecule has 3 nitrogen and oxygen atoms in total. The van der Waals surface area contributed by atoms with Crippen molar-refractivity contribution in [3.8, 4) is 0 Å². The molecule has 0 spiro atoms. The van der Waals surface area contributed by atoms with Crippen molar-refractivity contribution in [2.45, 2.75) is 50.5 Å². The predicted octanol–water partition coefficient (Wildman–Crippen LogP) is 3.01. The SMILES string of the molecule is CC(O)C1CCN(C(=O)C2(c3ccc(F)cc3F)CCC2)CC1. The van der Waals surface area contributed by atoms with E-state index < -0.39 is 17.0 Å². The van der Waals surface area contributed by atoms with Gasteiger partial charge in [-0.15, -0.1) is 0 Å². The molecule has 1 unspecified atom stereocenters. The van der Waals surface area contributed by atoms with Crippen LogP contribution in [0.25, 0.3) is 0 Å². The van der Waals surface area contributed by atoms with Crippen molar-refractivity contribution in [3.05, 3.63) is 35.4 Å². The van der Waals surface area contributed by atoms with Crippen LogP contribution in [0.5, 0.6) is 0 Å². The lowest BCUT2D eigenvalue weighted by atomic mass is 9.63. The van der Waals surface area contributed by atoms with Gasteiger partial charge in [-0.25, -0.2) is 8.78 Å². The summed E-state index contributed by atoms with van der Waals surface area (Å²) in [5.74, 6) is -1.07. The molecule has 1 aliphatic carbocycles. The van der Waals surface area contributed by atoms with Crippen LogP contribution in [0, 0.1) is 17.6 Å². The first-order valence-electron chi connectivity index (χ1n) is 8.37. The van der Waals surface area contributed by atoms with Gasteiger partial charge < -0.3 is 10.0 Å². The van der Waals surface area contributed by atoms with Crippen LogP contribution in [0.4, 0.5) is 8.78 Å². The number of rotatable bonds is 3. The molecular weight excluding hydrogens is 300 g/mol. The van der Waals surface area contributed by atoms with Crippen LogP contribution < -0.4 is 0 Å². The normalized spacial score (nSPS) is 22.5. The van der Waals surface area contributed by atoms with E-state index in [0.717, 1.165) is 25.3 Å². The Labute approximate surface area is 135 Å². The largest absolute Gasteiger partial charge is 0.393 e. The molecule has 2 fully saturated rings. The van der Waals surface area contributed by atoms with Crippen LogP contribution in [0.15, 0.2) is 18.2 Å². The molecule has 1 saturated carbocycles. The second kappa shape index (κ2) is 6.19. The Morgan fingerprint density at radius 1 is 1.30 bits per heavy atom. The number of aliphatic hydroxyl groups is 1. The molecule has 1 heterocycles. The quantitative estimate of drug-likeness (QED) is 0.929. The second-order valence-electron chi connectivity index (χ2n) is 6.93. The zero-order valence-electron chi connectivity index (χ0n) is 13.4. The third kappa shape index (κ3) is 2.87. The van der Waals surface area contributed by atoms with Crippen molar-refractivity contribution in [1.82, 2.24) is 4.90 Å². The highest BCUT2D eigenvalue weighted by atomic mass is 19.1. The van der Waals surface area contributed by atoms with E-state index in [1.54, 1.807) is 11.8 Å².